The Labute approximate surface area is 237 Å². The first-order valence-corrected chi connectivity index (χ1v) is 16.2. The van der Waals surface area contributed by atoms with Crippen LogP contribution in [0, 0.1) is 0 Å². The van der Waals surface area contributed by atoms with E-state index in [1.54, 1.807) is 12.1 Å². The third kappa shape index (κ3) is 9.79. The number of halogens is 3. The lowest BCUT2D eigenvalue weighted by Gasteiger charge is -2.36. The highest BCUT2D eigenvalue weighted by atomic mass is 32.2. The van der Waals surface area contributed by atoms with Gasteiger partial charge in [0.15, 0.2) is 9.84 Å². The Morgan fingerprint density at radius 1 is 1.20 bits per heavy atom. The number of fused-ring (bicyclic) bond motifs is 1. The molecular formula is C26H36F3N2O8PS. The number of alkyl halides is 3. The van der Waals surface area contributed by atoms with Gasteiger partial charge in [0.25, 0.3) is 0 Å². The number of aliphatic carboxylic acids is 1. The molecule has 3 rings (SSSR count). The van der Waals surface area contributed by atoms with Crippen LogP contribution >= 0.6 is 7.60 Å². The van der Waals surface area contributed by atoms with Crippen molar-refractivity contribution in [3.05, 3.63) is 59.2 Å². The highest BCUT2D eigenvalue weighted by Crippen LogP contribution is 2.41. The zero-order chi connectivity index (χ0) is 31.1. The molecule has 0 bridgehead atoms. The number of methoxy groups -OCH3 is 1. The fraction of sp³-hybridized carbons (Fsp3) is 0.500. The molecule has 0 saturated heterocycles. The normalized spacial score (nSPS) is 20.2. The zero-order valence-electron chi connectivity index (χ0n) is 22.9. The van der Waals surface area contributed by atoms with Crippen molar-refractivity contribution in [3.8, 4) is 5.75 Å². The number of carbonyl (C=O) groups is 1. The number of rotatable bonds is 10. The molecule has 1 aliphatic rings. The smallest absolute Gasteiger partial charge is 0.490 e. The average molecular weight is 625 g/mol. The van der Waals surface area contributed by atoms with Crippen molar-refractivity contribution in [1.29, 1.82) is 0 Å². The van der Waals surface area contributed by atoms with E-state index in [4.69, 9.17) is 24.4 Å². The van der Waals surface area contributed by atoms with Crippen molar-refractivity contribution in [3.63, 3.8) is 0 Å². The fourth-order valence-electron chi connectivity index (χ4n) is 4.59. The lowest BCUT2D eigenvalue weighted by Crippen LogP contribution is -2.50. The standard InChI is InChI=1S/C24H35N2O6PS.C2HF3O2/c1-4-6-12-24(5-2)16-34(30,31)22-13-19(15-25-17-33(27,28)29)21(32-3)14-20(22)23(26-24)18-10-8-7-9-11-18;3-2(4,5)1(6)7/h7-11,13-14,23,25-26H,4-6,12,15-17H2,1-3H3,(H2,27,28,29);(H,6,7)/t23-,24-;/m1./s1. The second-order valence-corrected chi connectivity index (χ2v) is 13.3. The van der Waals surface area contributed by atoms with Gasteiger partial charge >= 0.3 is 19.7 Å². The Hall–Kier alpha value is -2.48. The first-order chi connectivity index (χ1) is 19.0. The molecule has 5 N–H and O–H groups in total. The second-order valence-electron chi connectivity index (χ2n) is 9.74. The highest BCUT2D eigenvalue weighted by Gasteiger charge is 2.42. The Kier molecular flexibility index (Phi) is 12.0. The van der Waals surface area contributed by atoms with Crippen molar-refractivity contribution < 1.29 is 50.6 Å². The van der Waals surface area contributed by atoms with Gasteiger partial charge in [-0.05, 0) is 36.1 Å². The SMILES string of the molecule is CCCC[C@]1(CC)CS(=O)(=O)c2cc(CNCP(=O)(O)O)c(OC)cc2[C@@H](c2ccccc2)N1.O=C(O)C(F)(F)F. The van der Waals surface area contributed by atoms with Crippen LogP contribution in [0.5, 0.6) is 5.75 Å². The summed E-state index contributed by atoms with van der Waals surface area (Å²) in [6, 6.07) is 12.8. The Bertz CT molecular complexity index is 1340. The molecule has 10 nitrogen and oxygen atoms in total. The van der Waals surface area contributed by atoms with Gasteiger partial charge in [0.1, 0.15) is 5.75 Å². The van der Waals surface area contributed by atoms with E-state index in [1.165, 1.54) is 7.11 Å². The Morgan fingerprint density at radius 3 is 2.29 bits per heavy atom. The molecule has 0 aromatic heterocycles. The van der Waals surface area contributed by atoms with Crippen LogP contribution in [-0.4, -0.2) is 60.1 Å². The quantitative estimate of drug-likeness (QED) is 0.240. The zero-order valence-corrected chi connectivity index (χ0v) is 24.7. The summed E-state index contributed by atoms with van der Waals surface area (Å²) in [5.41, 5.74) is 1.53. The number of benzene rings is 2. The molecule has 230 valence electrons. The number of unbranched alkanes of at least 4 members (excludes halogenated alkanes) is 1. The lowest BCUT2D eigenvalue weighted by atomic mass is 9.88. The van der Waals surface area contributed by atoms with Gasteiger partial charge in [-0.3, -0.25) is 9.88 Å². The van der Waals surface area contributed by atoms with Crippen molar-refractivity contribution in [2.75, 3.05) is 19.1 Å². The van der Waals surface area contributed by atoms with E-state index in [-0.39, 0.29) is 23.2 Å². The summed E-state index contributed by atoms with van der Waals surface area (Å²) < 4.78 is 76.1. The first-order valence-electron chi connectivity index (χ1n) is 12.8. The summed E-state index contributed by atoms with van der Waals surface area (Å²) in [7, 11) is -6.41. The molecule has 1 aliphatic heterocycles. The van der Waals surface area contributed by atoms with E-state index < -0.39 is 41.4 Å². The topological polar surface area (TPSA) is 162 Å². The molecule has 1 heterocycles. The molecule has 0 radical (unpaired) electrons. The molecule has 0 unspecified atom stereocenters. The second kappa shape index (κ2) is 14.1. The summed E-state index contributed by atoms with van der Waals surface area (Å²) in [4.78, 5) is 27.5. The number of ether oxygens (including phenoxy) is 1. The Morgan fingerprint density at radius 2 is 1.80 bits per heavy atom. The van der Waals surface area contributed by atoms with E-state index in [0.29, 0.717) is 23.3 Å². The fourth-order valence-corrected chi connectivity index (χ4v) is 7.17. The van der Waals surface area contributed by atoms with Crippen LogP contribution in [0.2, 0.25) is 0 Å². The third-order valence-corrected chi connectivity index (χ3v) is 9.26. The maximum atomic E-state index is 13.8. The lowest BCUT2D eigenvalue weighted by molar-refractivity contribution is -0.192. The summed E-state index contributed by atoms with van der Waals surface area (Å²) in [6.45, 7) is 4.18. The maximum absolute atomic E-state index is 13.8. The molecule has 15 heteroatoms. The summed E-state index contributed by atoms with van der Waals surface area (Å²) in [5.74, 6) is -2.31. The predicted octanol–water partition coefficient (Wildman–Crippen LogP) is 4.36. The molecule has 0 spiro atoms. The van der Waals surface area contributed by atoms with Gasteiger partial charge in [0.2, 0.25) is 0 Å². The van der Waals surface area contributed by atoms with Crippen LogP contribution in [0.15, 0.2) is 47.4 Å². The van der Waals surface area contributed by atoms with Gasteiger partial charge in [0, 0.05) is 17.6 Å². The van der Waals surface area contributed by atoms with Gasteiger partial charge in [0.05, 0.1) is 30.1 Å². The maximum Gasteiger partial charge on any atom is 0.490 e. The van der Waals surface area contributed by atoms with Crippen molar-refractivity contribution >= 4 is 23.4 Å². The van der Waals surface area contributed by atoms with E-state index in [2.05, 4.69) is 17.6 Å². The molecule has 2 atom stereocenters. The van der Waals surface area contributed by atoms with Gasteiger partial charge in [-0.1, -0.05) is 57.0 Å². The minimum Gasteiger partial charge on any atom is -0.496 e. The number of hydrogen-bond donors (Lipinski definition) is 5. The van der Waals surface area contributed by atoms with Crippen LogP contribution in [0.1, 0.15) is 62.3 Å². The monoisotopic (exact) mass is 624 g/mol. The van der Waals surface area contributed by atoms with Gasteiger partial charge in [-0.15, -0.1) is 0 Å². The predicted molar refractivity (Wildman–Crippen MR) is 146 cm³/mol. The van der Waals surface area contributed by atoms with E-state index >= 15 is 0 Å². The van der Waals surface area contributed by atoms with Crippen molar-refractivity contribution in [1.82, 2.24) is 10.6 Å². The number of hydrogen-bond acceptors (Lipinski definition) is 7. The first kappa shape index (κ1) is 34.7. The number of carboxylic acids is 1. The molecule has 41 heavy (non-hydrogen) atoms. The van der Waals surface area contributed by atoms with Crippen LogP contribution in [0.4, 0.5) is 13.2 Å². The van der Waals surface area contributed by atoms with Gasteiger partial charge in [-0.25, -0.2) is 13.2 Å². The molecule has 0 aliphatic carbocycles. The third-order valence-electron chi connectivity index (χ3n) is 6.67. The number of carboxylic acid groups (broad SMARTS) is 1. The minimum atomic E-state index is -5.08. The van der Waals surface area contributed by atoms with Crippen LogP contribution in [0.3, 0.4) is 0 Å². The van der Waals surface area contributed by atoms with E-state index in [9.17, 15) is 26.2 Å². The van der Waals surface area contributed by atoms with Gasteiger partial charge in [-0.2, -0.15) is 13.2 Å². The highest BCUT2D eigenvalue weighted by molar-refractivity contribution is 7.91. The van der Waals surface area contributed by atoms with E-state index in [0.717, 1.165) is 24.8 Å². The van der Waals surface area contributed by atoms with Crippen LogP contribution in [-0.2, 0) is 25.7 Å². The summed E-state index contributed by atoms with van der Waals surface area (Å²) >= 11 is 0. The molecular weight excluding hydrogens is 588 g/mol. The molecule has 2 aromatic rings. The molecule has 2 aromatic carbocycles. The molecule has 0 amide bonds. The summed E-state index contributed by atoms with van der Waals surface area (Å²) in [6.07, 6.45) is -2.31. The number of sulfone groups is 1. The average Bonchev–Trinajstić information content (AvgIpc) is 2.98. The number of nitrogens with one attached hydrogen (secondary N) is 2. The minimum absolute atomic E-state index is 0.0193. The molecule has 0 fully saturated rings. The van der Waals surface area contributed by atoms with E-state index in [1.807, 2.05) is 37.3 Å². The van der Waals surface area contributed by atoms with Gasteiger partial charge < -0.3 is 24.9 Å². The Balaban J connectivity index is 0.000000745. The largest absolute Gasteiger partial charge is 0.496 e. The van der Waals surface area contributed by atoms with Crippen LogP contribution in [0.25, 0.3) is 0 Å². The summed E-state index contributed by atoms with van der Waals surface area (Å²) in [5, 5.41) is 13.6. The molecule has 0 saturated carbocycles. The van der Waals surface area contributed by atoms with Crippen molar-refractivity contribution in [2.45, 2.75) is 68.7 Å². The van der Waals surface area contributed by atoms with Crippen LogP contribution < -0.4 is 15.4 Å². The van der Waals surface area contributed by atoms with Crippen molar-refractivity contribution in [2.24, 2.45) is 0 Å².